The van der Waals surface area contributed by atoms with E-state index in [1.54, 1.807) is 0 Å². The second-order valence-corrected chi connectivity index (χ2v) is 16.5. The molecule has 3 aromatic heterocycles. The highest BCUT2D eigenvalue weighted by atomic mass is 35.5. The molecule has 0 aliphatic heterocycles. The number of nitrogens with zero attached hydrogens (tertiary/aromatic N) is 6. The van der Waals surface area contributed by atoms with Crippen molar-refractivity contribution in [2.75, 3.05) is 11.0 Å². The fourth-order valence-corrected chi connectivity index (χ4v) is 8.81. The van der Waals surface area contributed by atoms with Crippen molar-refractivity contribution in [1.29, 1.82) is 0 Å². The Morgan fingerprint density at radius 2 is 1.75 bits per heavy atom. The minimum Gasteiger partial charge on any atom is -0.368 e. The maximum absolute atomic E-state index is 16.1. The highest BCUT2D eigenvalue weighted by Crippen LogP contribution is 2.68. The smallest absolute Gasteiger partial charge is 0.368 e. The van der Waals surface area contributed by atoms with E-state index in [2.05, 4.69) is 19.9 Å². The van der Waals surface area contributed by atoms with E-state index in [1.807, 2.05) is 0 Å². The summed E-state index contributed by atoms with van der Waals surface area (Å²) in [4.78, 5) is 33.0. The molecule has 0 bridgehead atoms. The summed E-state index contributed by atoms with van der Waals surface area (Å²) in [7, 11) is -2.73. The summed E-state index contributed by atoms with van der Waals surface area (Å²) in [6.07, 6.45) is -8.66. The number of aryl methyl sites for hydroxylation is 1. The maximum atomic E-state index is 16.1. The number of halogens is 10. The van der Waals surface area contributed by atoms with Crippen molar-refractivity contribution in [3.63, 3.8) is 0 Å². The van der Waals surface area contributed by atoms with Crippen molar-refractivity contribution in [3.05, 3.63) is 109 Å². The Balaban J connectivity index is 1.51. The van der Waals surface area contributed by atoms with E-state index in [1.165, 1.54) is 19.2 Å². The number of nitrogens with one attached hydrogen (secondary N) is 1. The molecular formula is C36H26ClF9N8O4S. The van der Waals surface area contributed by atoms with Crippen LogP contribution in [0.4, 0.5) is 45.3 Å². The van der Waals surface area contributed by atoms with Crippen molar-refractivity contribution in [1.82, 2.24) is 29.1 Å². The molecule has 3 aromatic carbocycles. The van der Waals surface area contributed by atoms with E-state index < -0.39 is 121 Å². The van der Waals surface area contributed by atoms with Gasteiger partial charge in [-0.1, -0.05) is 11.6 Å². The van der Waals surface area contributed by atoms with E-state index in [0.717, 1.165) is 33.7 Å². The fraction of sp³-hybridized carbons (Fsp3) is 0.306. The molecule has 2 aliphatic rings. The lowest BCUT2D eigenvalue weighted by Crippen LogP contribution is -2.39. The predicted octanol–water partition coefficient (Wildman–Crippen LogP) is 6.99. The number of nitrogens with two attached hydrogens (primary N) is 1. The van der Waals surface area contributed by atoms with Crippen LogP contribution in [0.1, 0.15) is 64.6 Å². The average molecular weight is 873 g/mol. The van der Waals surface area contributed by atoms with E-state index >= 15 is 8.78 Å². The summed E-state index contributed by atoms with van der Waals surface area (Å²) in [5.41, 5.74) is -0.651. The number of sulfonamides is 1. The number of amides is 1. The van der Waals surface area contributed by atoms with Crippen molar-refractivity contribution in [3.8, 4) is 5.69 Å². The van der Waals surface area contributed by atoms with Crippen LogP contribution in [0.3, 0.4) is 0 Å². The van der Waals surface area contributed by atoms with E-state index in [4.69, 9.17) is 17.3 Å². The number of hydrogen-bond acceptors (Lipinski definition) is 7. The van der Waals surface area contributed by atoms with Crippen LogP contribution in [0.25, 0.3) is 27.5 Å². The first kappa shape index (κ1) is 40.2. The Hall–Kier alpha value is -5.64. The molecule has 3 heterocycles. The topological polar surface area (TPSA) is 160 Å². The van der Waals surface area contributed by atoms with Gasteiger partial charge in [-0.15, -0.1) is 0 Å². The normalized spacial score (nSPS) is 18.3. The Bertz CT molecular complexity index is 2930. The molecule has 1 saturated carbocycles. The quantitative estimate of drug-likeness (QED) is 0.140. The second kappa shape index (κ2) is 13.4. The molecule has 4 atom stereocenters. The lowest BCUT2D eigenvalue weighted by molar-refractivity contribution is -0.137. The number of hydrogen-bond donors (Lipinski definition) is 2. The SMILES string of the molecule is Cn1nc(NS(C)(=O)=O)c2c(Cl)ccc(-n3c([C@@H](Cc4cc(F)cc(F)c4)C(C(N)=O)n4nc(C(F)F)c5c4C(F)(F)[C@@H]4C[C@H]54)nc4cc(C(F)(F)F)ccc4c3=O)c21. The molecule has 23 heteroatoms. The first-order chi connectivity index (χ1) is 27.5. The number of carbonyl (C=O) groups excluding carboxylic acids is 1. The van der Waals surface area contributed by atoms with Crippen LogP contribution >= 0.6 is 11.6 Å². The second-order valence-electron chi connectivity index (χ2n) is 14.4. The third-order valence-electron chi connectivity index (χ3n) is 10.4. The lowest BCUT2D eigenvalue weighted by atomic mass is 9.89. The van der Waals surface area contributed by atoms with E-state index in [9.17, 15) is 48.7 Å². The van der Waals surface area contributed by atoms with Gasteiger partial charge < -0.3 is 5.73 Å². The van der Waals surface area contributed by atoms with Crippen LogP contribution in [-0.4, -0.2) is 49.7 Å². The van der Waals surface area contributed by atoms with Gasteiger partial charge in [0.15, 0.2) is 5.82 Å². The van der Waals surface area contributed by atoms with Crippen LogP contribution in [0.2, 0.25) is 5.02 Å². The van der Waals surface area contributed by atoms with Gasteiger partial charge in [-0.05, 0) is 66.8 Å². The average Bonchev–Trinajstić information content (AvgIpc) is 3.64. The van der Waals surface area contributed by atoms with Crippen LogP contribution in [0.15, 0.2) is 53.3 Å². The summed E-state index contributed by atoms with van der Waals surface area (Å²) >= 11 is 6.52. The summed E-state index contributed by atoms with van der Waals surface area (Å²) < 4.78 is 162. The van der Waals surface area contributed by atoms with E-state index in [0.29, 0.717) is 18.2 Å². The van der Waals surface area contributed by atoms with Crippen molar-refractivity contribution in [2.45, 2.75) is 49.2 Å². The molecule has 0 saturated heterocycles. The number of primary amides is 1. The van der Waals surface area contributed by atoms with Gasteiger partial charge in [-0.25, -0.2) is 35.6 Å². The number of anilines is 1. The number of benzene rings is 3. The molecule has 0 radical (unpaired) electrons. The first-order valence-corrected chi connectivity index (χ1v) is 19.5. The highest BCUT2D eigenvalue weighted by molar-refractivity contribution is 7.92. The third kappa shape index (κ3) is 6.65. The van der Waals surface area contributed by atoms with Gasteiger partial charge in [0.2, 0.25) is 15.9 Å². The number of alkyl halides is 7. The van der Waals surface area contributed by atoms with Gasteiger partial charge in [0.25, 0.3) is 17.9 Å². The maximum Gasteiger partial charge on any atom is 0.416 e. The number of fused-ring (bicyclic) bond motifs is 5. The predicted molar refractivity (Wildman–Crippen MR) is 193 cm³/mol. The van der Waals surface area contributed by atoms with Gasteiger partial charge in [-0.3, -0.25) is 23.6 Å². The third-order valence-corrected chi connectivity index (χ3v) is 11.3. The molecule has 1 fully saturated rings. The molecule has 1 unspecified atom stereocenters. The van der Waals surface area contributed by atoms with Crippen molar-refractivity contribution < 1.29 is 52.7 Å². The fourth-order valence-electron chi connectivity index (χ4n) is 8.08. The van der Waals surface area contributed by atoms with Gasteiger partial charge in [-0.2, -0.15) is 32.1 Å². The standard InChI is InChI=1S/C36H26ClF9N8O4S/c1-52-28-23(6-5-21(37)25(28)32(50-52)51-59(2,57)58)53-33(48-22-10-14(36(44,45)46)3-4-17(22)34(53)56)19(9-13-7-15(38)11-16(39)8-13)27(31(47)55)54-29-24(26(49-54)30(40)41)18-12-20(18)35(29,42)43/h3-8,10-11,18-20,27,30H,9,12H2,1-2H3,(H2,47,55)(H,50,51)/t18-,19-,20+,27?/m0/s1. The Morgan fingerprint density at radius 1 is 1.07 bits per heavy atom. The summed E-state index contributed by atoms with van der Waals surface area (Å²) in [6.45, 7) is 0. The van der Waals surface area contributed by atoms with Crippen LogP contribution in [0.5, 0.6) is 0 Å². The molecule has 0 spiro atoms. The molecule has 1 amide bonds. The van der Waals surface area contributed by atoms with Gasteiger partial charge >= 0.3 is 6.18 Å². The number of rotatable bonds is 10. The molecule has 310 valence electrons. The minimum atomic E-state index is -4.99. The Labute approximate surface area is 330 Å². The zero-order valence-electron chi connectivity index (χ0n) is 30.0. The largest absolute Gasteiger partial charge is 0.416 e. The zero-order valence-corrected chi connectivity index (χ0v) is 31.6. The molecule has 2 aliphatic carbocycles. The Morgan fingerprint density at radius 3 is 2.36 bits per heavy atom. The highest BCUT2D eigenvalue weighted by Gasteiger charge is 2.67. The molecule has 12 nitrogen and oxygen atoms in total. The van der Waals surface area contributed by atoms with Gasteiger partial charge in [0.1, 0.15) is 34.9 Å². The zero-order chi connectivity index (χ0) is 42.8. The summed E-state index contributed by atoms with van der Waals surface area (Å²) in [5, 5.41) is 7.21. The first-order valence-electron chi connectivity index (χ1n) is 17.3. The van der Waals surface area contributed by atoms with Crippen molar-refractivity contribution in [2.24, 2.45) is 18.7 Å². The van der Waals surface area contributed by atoms with Crippen LogP contribution in [0, 0.1) is 17.6 Å². The minimum absolute atomic E-state index is 0.122. The van der Waals surface area contributed by atoms with Crippen LogP contribution in [-0.2, 0) is 40.4 Å². The number of aromatic nitrogens is 6. The summed E-state index contributed by atoms with van der Waals surface area (Å²) in [5.74, 6) is -13.3. The number of carbonyl (C=O) groups is 1. The molecule has 3 N–H and O–H groups in total. The molecule has 59 heavy (non-hydrogen) atoms. The van der Waals surface area contributed by atoms with Gasteiger partial charge in [0, 0.05) is 24.6 Å². The van der Waals surface area contributed by atoms with Gasteiger partial charge in [0.05, 0.1) is 50.3 Å². The molecular weight excluding hydrogens is 847 g/mol. The van der Waals surface area contributed by atoms with Crippen molar-refractivity contribution >= 4 is 55.2 Å². The van der Waals surface area contributed by atoms with E-state index in [-0.39, 0.29) is 44.1 Å². The summed E-state index contributed by atoms with van der Waals surface area (Å²) in [6, 6.07) is 3.92. The monoisotopic (exact) mass is 872 g/mol. The molecule has 8 rings (SSSR count). The van der Waals surface area contributed by atoms with Crippen LogP contribution < -0.4 is 16.0 Å². The Kier molecular flexibility index (Phi) is 9.15. The lowest BCUT2D eigenvalue weighted by Gasteiger charge is -2.30. The molecule has 6 aromatic rings.